The number of carbonyl (C=O) groups is 1. The molecule has 1 saturated heterocycles. The van der Waals surface area contributed by atoms with Gasteiger partial charge in [0.15, 0.2) is 5.11 Å². The van der Waals surface area contributed by atoms with Crippen molar-refractivity contribution < 1.29 is 4.79 Å². The maximum atomic E-state index is 12.3. The highest BCUT2D eigenvalue weighted by Gasteiger charge is 2.20. The van der Waals surface area contributed by atoms with Crippen molar-refractivity contribution in [3.05, 3.63) is 71.3 Å². The summed E-state index contributed by atoms with van der Waals surface area (Å²) in [5.74, 6) is -0.151. The maximum absolute atomic E-state index is 12.3. The Bertz CT molecular complexity index is 755. The molecule has 2 aromatic rings. The normalized spacial score (nSPS) is 15.4. The Morgan fingerprint density at radius 3 is 2.42 bits per heavy atom. The lowest BCUT2D eigenvalue weighted by Gasteiger charge is -2.32. The van der Waals surface area contributed by atoms with E-state index in [0.29, 0.717) is 16.7 Å². The second-order valence-electron chi connectivity index (χ2n) is 6.78. The number of aryl methyl sites for hydroxylation is 1. The van der Waals surface area contributed by atoms with Gasteiger partial charge in [0, 0.05) is 31.2 Å². The molecule has 0 aliphatic carbocycles. The first-order valence-electron chi connectivity index (χ1n) is 9.05. The van der Waals surface area contributed by atoms with Gasteiger partial charge in [0.1, 0.15) is 0 Å². The second-order valence-corrected chi connectivity index (χ2v) is 7.19. The van der Waals surface area contributed by atoms with E-state index in [1.54, 1.807) is 0 Å². The summed E-state index contributed by atoms with van der Waals surface area (Å²) in [5.41, 5.74) is 2.95. The first kappa shape index (κ1) is 18.5. The smallest absolute Gasteiger partial charge is 0.257 e. The number of hydrogen-bond acceptors (Lipinski definition) is 3. The second kappa shape index (κ2) is 8.92. The lowest BCUT2D eigenvalue weighted by Crippen LogP contribution is -2.48. The van der Waals surface area contributed by atoms with E-state index in [0.717, 1.165) is 38.0 Å². The summed E-state index contributed by atoms with van der Waals surface area (Å²) in [6.45, 7) is 4.97. The monoisotopic (exact) mass is 367 g/mol. The van der Waals surface area contributed by atoms with E-state index in [1.165, 1.54) is 5.56 Å². The minimum absolute atomic E-state index is 0.151. The molecule has 1 aliphatic heterocycles. The number of benzene rings is 2. The molecular formula is C21H25N3OS. The Kier molecular flexibility index (Phi) is 6.36. The van der Waals surface area contributed by atoms with Crippen molar-refractivity contribution in [2.75, 3.05) is 13.1 Å². The highest BCUT2D eigenvalue weighted by molar-refractivity contribution is 7.80. The Labute approximate surface area is 160 Å². The van der Waals surface area contributed by atoms with Crippen molar-refractivity contribution in [3.63, 3.8) is 0 Å². The number of nitrogens with zero attached hydrogens (tertiary/aromatic N) is 1. The maximum Gasteiger partial charge on any atom is 0.257 e. The molecule has 0 spiro atoms. The number of rotatable bonds is 4. The van der Waals surface area contributed by atoms with Crippen LogP contribution in [0.1, 0.15) is 34.3 Å². The average Bonchev–Trinajstić information content (AvgIpc) is 2.64. The molecule has 3 rings (SSSR count). The zero-order valence-corrected chi connectivity index (χ0v) is 15.9. The van der Waals surface area contributed by atoms with Crippen LogP contribution in [0.5, 0.6) is 0 Å². The van der Waals surface area contributed by atoms with Crippen LogP contribution >= 0.6 is 12.2 Å². The van der Waals surface area contributed by atoms with Gasteiger partial charge >= 0.3 is 0 Å². The third-order valence-electron chi connectivity index (χ3n) is 4.79. The fourth-order valence-electron chi connectivity index (χ4n) is 3.30. The first-order valence-corrected chi connectivity index (χ1v) is 9.46. The van der Waals surface area contributed by atoms with E-state index in [4.69, 9.17) is 12.2 Å². The summed E-state index contributed by atoms with van der Waals surface area (Å²) in [7, 11) is 0. The van der Waals surface area contributed by atoms with Gasteiger partial charge in [0.05, 0.1) is 0 Å². The number of thiocarbonyl (C=S) groups is 1. The fourth-order valence-corrected chi connectivity index (χ4v) is 3.56. The minimum atomic E-state index is -0.151. The van der Waals surface area contributed by atoms with E-state index < -0.39 is 0 Å². The largest absolute Gasteiger partial charge is 0.360 e. The molecule has 0 unspecified atom stereocenters. The SMILES string of the molecule is Cc1ccccc1C(=O)NC(=S)NC1CCN(Cc2ccccc2)CC1. The van der Waals surface area contributed by atoms with Crippen LogP contribution in [0.15, 0.2) is 54.6 Å². The van der Waals surface area contributed by atoms with Crippen LogP contribution in [0.2, 0.25) is 0 Å². The molecule has 4 nitrogen and oxygen atoms in total. The zero-order valence-electron chi connectivity index (χ0n) is 15.1. The van der Waals surface area contributed by atoms with Gasteiger partial charge in [0.25, 0.3) is 5.91 Å². The predicted octanol–water partition coefficient (Wildman–Crippen LogP) is 3.26. The summed E-state index contributed by atoms with van der Waals surface area (Å²) in [6.07, 6.45) is 2.04. The van der Waals surface area contributed by atoms with Crippen molar-refractivity contribution >= 4 is 23.2 Å². The Balaban J connectivity index is 1.43. The van der Waals surface area contributed by atoms with Gasteiger partial charge in [-0.05, 0) is 49.2 Å². The molecule has 2 N–H and O–H groups in total. The van der Waals surface area contributed by atoms with Gasteiger partial charge in [-0.25, -0.2) is 0 Å². The van der Waals surface area contributed by atoms with Crippen molar-refractivity contribution in [2.24, 2.45) is 0 Å². The Hall–Kier alpha value is -2.24. The van der Waals surface area contributed by atoms with Crippen molar-refractivity contribution in [3.8, 4) is 0 Å². The van der Waals surface area contributed by atoms with Crippen LogP contribution in [0.4, 0.5) is 0 Å². The quantitative estimate of drug-likeness (QED) is 0.814. The minimum Gasteiger partial charge on any atom is -0.360 e. The summed E-state index contributed by atoms with van der Waals surface area (Å²) >= 11 is 5.33. The lowest BCUT2D eigenvalue weighted by molar-refractivity contribution is 0.0975. The van der Waals surface area contributed by atoms with Crippen molar-refractivity contribution in [1.82, 2.24) is 15.5 Å². The highest BCUT2D eigenvalue weighted by Crippen LogP contribution is 2.14. The number of nitrogens with one attached hydrogen (secondary N) is 2. The molecule has 0 radical (unpaired) electrons. The van der Waals surface area contributed by atoms with E-state index in [2.05, 4.69) is 39.8 Å². The molecule has 136 valence electrons. The van der Waals surface area contributed by atoms with E-state index in [1.807, 2.05) is 37.3 Å². The Morgan fingerprint density at radius 1 is 1.08 bits per heavy atom. The zero-order chi connectivity index (χ0) is 18.4. The summed E-state index contributed by atoms with van der Waals surface area (Å²) in [6, 6.07) is 18.4. The van der Waals surface area contributed by atoms with Crippen molar-refractivity contribution in [1.29, 1.82) is 0 Å². The summed E-state index contributed by atoms with van der Waals surface area (Å²) < 4.78 is 0. The van der Waals surface area contributed by atoms with Crippen LogP contribution in [-0.4, -0.2) is 35.1 Å². The van der Waals surface area contributed by atoms with Gasteiger partial charge < -0.3 is 5.32 Å². The molecule has 26 heavy (non-hydrogen) atoms. The molecule has 2 aromatic carbocycles. The van der Waals surface area contributed by atoms with Crippen LogP contribution in [0.25, 0.3) is 0 Å². The molecule has 0 atom stereocenters. The standard InChI is InChI=1S/C21H25N3OS/c1-16-7-5-6-10-19(16)20(25)23-21(26)22-18-11-13-24(14-12-18)15-17-8-3-2-4-9-17/h2-10,18H,11-15H2,1H3,(H2,22,23,25,26). The fraction of sp³-hybridized carbons (Fsp3) is 0.333. The van der Waals surface area contributed by atoms with E-state index >= 15 is 0 Å². The van der Waals surface area contributed by atoms with Gasteiger partial charge in [-0.15, -0.1) is 0 Å². The number of piperidine rings is 1. The van der Waals surface area contributed by atoms with Crippen LogP contribution in [-0.2, 0) is 6.54 Å². The molecule has 0 aromatic heterocycles. The number of carbonyl (C=O) groups excluding carboxylic acids is 1. The molecule has 1 aliphatic rings. The van der Waals surface area contributed by atoms with Crippen LogP contribution in [0, 0.1) is 6.92 Å². The van der Waals surface area contributed by atoms with Gasteiger partial charge in [-0.1, -0.05) is 48.5 Å². The Morgan fingerprint density at radius 2 is 1.73 bits per heavy atom. The molecule has 0 bridgehead atoms. The van der Waals surface area contributed by atoms with Crippen LogP contribution < -0.4 is 10.6 Å². The summed E-state index contributed by atoms with van der Waals surface area (Å²) in [5, 5.41) is 6.52. The molecular weight excluding hydrogens is 342 g/mol. The number of amides is 1. The van der Waals surface area contributed by atoms with Crippen molar-refractivity contribution in [2.45, 2.75) is 32.4 Å². The molecule has 1 amide bonds. The molecule has 5 heteroatoms. The average molecular weight is 368 g/mol. The van der Waals surface area contributed by atoms with E-state index in [9.17, 15) is 4.79 Å². The molecule has 1 fully saturated rings. The topological polar surface area (TPSA) is 44.4 Å². The van der Waals surface area contributed by atoms with Crippen LogP contribution in [0.3, 0.4) is 0 Å². The van der Waals surface area contributed by atoms with Gasteiger partial charge in [-0.2, -0.15) is 0 Å². The number of hydrogen-bond donors (Lipinski definition) is 2. The number of likely N-dealkylation sites (tertiary alicyclic amines) is 1. The highest BCUT2D eigenvalue weighted by atomic mass is 32.1. The third-order valence-corrected chi connectivity index (χ3v) is 5.01. The van der Waals surface area contributed by atoms with Gasteiger partial charge in [-0.3, -0.25) is 15.0 Å². The van der Waals surface area contributed by atoms with Gasteiger partial charge in [0.2, 0.25) is 0 Å². The molecule has 0 saturated carbocycles. The predicted molar refractivity (Wildman–Crippen MR) is 109 cm³/mol. The lowest BCUT2D eigenvalue weighted by atomic mass is 10.0. The summed E-state index contributed by atoms with van der Waals surface area (Å²) in [4.78, 5) is 14.8. The van der Waals surface area contributed by atoms with E-state index in [-0.39, 0.29) is 5.91 Å². The molecule has 1 heterocycles. The third kappa shape index (κ3) is 5.13. The first-order chi connectivity index (χ1) is 12.6.